The van der Waals surface area contributed by atoms with Gasteiger partial charge in [-0.1, -0.05) is 0 Å². The van der Waals surface area contributed by atoms with Gasteiger partial charge in [0.1, 0.15) is 0 Å². The number of carbonyl (C=O) groups excluding carboxylic acids is 1. The number of nitrogens with one attached hydrogen (secondary N) is 2. The molecule has 0 radical (unpaired) electrons. The Morgan fingerprint density at radius 3 is 2.82 bits per heavy atom. The summed E-state index contributed by atoms with van der Waals surface area (Å²) in [5.41, 5.74) is 0. The molecule has 0 bridgehead atoms. The number of rotatable bonds is 4. The molecule has 2 saturated heterocycles. The van der Waals surface area contributed by atoms with E-state index in [2.05, 4.69) is 15.5 Å². The van der Waals surface area contributed by atoms with Crippen LogP contribution < -0.4 is 10.6 Å². The number of carbonyl (C=O) groups is 1. The first-order valence-corrected chi connectivity index (χ1v) is 6.54. The van der Waals surface area contributed by atoms with E-state index in [0.717, 1.165) is 45.6 Å². The minimum Gasteiger partial charge on any atom is -0.381 e. The molecule has 2 aliphatic rings. The van der Waals surface area contributed by atoms with E-state index in [1.165, 1.54) is 0 Å². The summed E-state index contributed by atoms with van der Waals surface area (Å²) in [6, 6.07) is 0.821. The molecule has 0 aromatic rings. The van der Waals surface area contributed by atoms with E-state index < -0.39 is 0 Å². The Hall–Kier alpha value is -0.650. The van der Waals surface area contributed by atoms with Crippen LogP contribution in [0.4, 0.5) is 0 Å². The monoisotopic (exact) mass is 241 g/mol. The van der Waals surface area contributed by atoms with Crippen LogP contribution in [0.3, 0.4) is 0 Å². The lowest BCUT2D eigenvalue weighted by Gasteiger charge is -2.26. The van der Waals surface area contributed by atoms with Crippen molar-refractivity contribution < 1.29 is 9.53 Å². The lowest BCUT2D eigenvalue weighted by molar-refractivity contribution is -0.123. The van der Waals surface area contributed by atoms with Crippen molar-refractivity contribution in [3.63, 3.8) is 0 Å². The predicted molar refractivity (Wildman–Crippen MR) is 65.9 cm³/mol. The first-order chi connectivity index (χ1) is 8.25. The molecule has 2 aliphatic heterocycles. The van der Waals surface area contributed by atoms with Crippen molar-refractivity contribution in [2.45, 2.75) is 31.3 Å². The van der Waals surface area contributed by atoms with Crippen molar-refractivity contribution in [2.75, 3.05) is 39.9 Å². The van der Waals surface area contributed by atoms with E-state index in [1.807, 2.05) is 7.05 Å². The van der Waals surface area contributed by atoms with Crippen LogP contribution in [-0.4, -0.2) is 62.8 Å². The van der Waals surface area contributed by atoms with E-state index in [4.69, 9.17) is 4.74 Å². The SMILES string of the molecule is CN(CC(=O)NC1CCOCC1)C1CCNC1. The molecule has 2 heterocycles. The fraction of sp³-hybridized carbons (Fsp3) is 0.917. The highest BCUT2D eigenvalue weighted by Gasteiger charge is 2.22. The summed E-state index contributed by atoms with van der Waals surface area (Å²) >= 11 is 0. The lowest BCUT2D eigenvalue weighted by Crippen LogP contribution is -2.46. The van der Waals surface area contributed by atoms with E-state index >= 15 is 0 Å². The van der Waals surface area contributed by atoms with Crippen molar-refractivity contribution in [3.8, 4) is 0 Å². The van der Waals surface area contributed by atoms with Crippen molar-refractivity contribution in [1.29, 1.82) is 0 Å². The highest BCUT2D eigenvalue weighted by Crippen LogP contribution is 2.07. The molecule has 17 heavy (non-hydrogen) atoms. The standard InChI is InChI=1S/C12H23N3O2/c1-15(11-2-5-13-8-11)9-12(16)14-10-3-6-17-7-4-10/h10-11,13H,2-9H2,1H3,(H,14,16). The average molecular weight is 241 g/mol. The van der Waals surface area contributed by atoms with E-state index in [9.17, 15) is 4.79 Å². The average Bonchev–Trinajstić information content (AvgIpc) is 2.83. The molecule has 0 aromatic heterocycles. The van der Waals surface area contributed by atoms with Gasteiger partial charge in [-0.25, -0.2) is 0 Å². The Morgan fingerprint density at radius 2 is 2.18 bits per heavy atom. The van der Waals surface area contributed by atoms with Gasteiger partial charge in [-0.2, -0.15) is 0 Å². The number of hydrogen-bond donors (Lipinski definition) is 2. The zero-order chi connectivity index (χ0) is 12.1. The van der Waals surface area contributed by atoms with Gasteiger partial charge in [0.2, 0.25) is 5.91 Å². The van der Waals surface area contributed by atoms with Gasteiger partial charge in [0, 0.05) is 31.8 Å². The molecular formula is C12H23N3O2. The van der Waals surface area contributed by atoms with Crippen molar-refractivity contribution in [1.82, 2.24) is 15.5 Å². The highest BCUT2D eigenvalue weighted by atomic mass is 16.5. The lowest BCUT2D eigenvalue weighted by atomic mass is 10.1. The summed E-state index contributed by atoms with van der Waals surface area (Å²) in [6.45, 7) is 4.11. The molecule has 5 heteroatoms. The van der Waals surface area contributed by atoms with Crippen LogP contribution in [0.15, 0.2) is 0 Å². The first kappa shape index (κ1) is 12.8. The Balaban J connectivity index is 1.68. The van der Waals surface area contributed by atoms with Gasteiger partial charge in [0.15, 0.2) is 0 Å². The first-order valence-electron chi connectivity index (χ1n) is 6.54. The van der Waals surface area contributed by atoms with Crippen LogP contribution in [0.25, 0.3) is 0 Å². The largest absolute Gasteiger partial charge is 0.381 e. The molecule has 5 nitrogen and oxygen atoms in total. The Morgan fingerprint density at radius 1 is 1.41 bits per heavy atom. The van der Waals surface area contributed by atoms with Gasteiger partial charge in [-0.3, -0.25) is 9.69 Å². The molecule has 98 valence electrons. The quantitative estimate of drug-likeness (QED) is 0.701. The van der Waals surface area contributed by atoms with E-state index in [0.29, 0.717) is 18.6 Å². The molecule has 1 amide bonds. The maximum absolute atomic E-state index is 11.9. The Bertz CT molecular complexity index is 248. The second-order valence-corrected chi connectivity index (χ2v) is 5.02. The molecule has 0 spiro atoms. The van der Waals surface area contributed by atoms with Gasteiger partial charge in [-0.15, -0.1) is 0 Å². The maximum Gasteiger partial charge on any atom is 0.234 e. The molecule has 2 N–H and O–H groups in total. The van der Waals surface area contributed by atoms with Gasteiger partial charge in [0.05, 0.1) is 6.54 Å². The topological polar surface area (TPSA) is 53.6 Å². The van der Waals surface area contributed by atoms with Crippen LogP contribution in [0.5, 0.6) is 0 Å². The molecule has 1 atom stereocenters. The summed E-state index contributed by atoms with van der Waals surface area (Å²) in [5, 5.41) is 6.41. The van der Waals surface area contributed by atoms with Crippen LogP contribution >= 0.6 is 0 Å². The van der Waals surface area contributed by atoms with Gasteiger partial charge in [-0.05, 0) is 32.9 Å². The number of ether oxygens (including phenoxy) is 1. The fourth-order valence-electron chi connectivity index (χ4n) is 2.49. The minimum atomic E-state index is 0.145. The number of amides is 1. The molecule has 2 rings (SSSR count). The van der Waals surface area contributed by atoms with Crippen LogP contribution in [-0.2, 0) is 9.53 Å². The summed E-state index contributed by atoms with van der Waals surface area (Å²) in [5.74, 6) is 0.145. The number of hydrogen-bond acceptors (Lipinski definition) is 4. The van der Waals surface area contributed by atoms with Gasteiger partial charge >= 0.3 is 0 Å². The van der Waals surface area contributed by atoms with Gasteiger partial charge in [0.25, 0.3) is 0 Å². The van der Waals surface area contributed by atoms with Crippen LogP contribution in [0.2, 0.25) is 0 Å². The third-order valence-electron chi connectivity index (χ3n) is 3.64. The molecule has 2 fully saturated rings. The predicted octanol–water partition coefficient (Wildman–Crippen LogP) is -0.425. The molecule has 1 unspecified atom stereocenters. The second kappa shape index (κ2) is 6.33. The fourth-order valence-corrected chi connectivity index (χ4v) is 2.49. The van der Waals surface area contributed by atoms with Crippen molar-refractivity contribution in [3.05, 3.63) is 0 Å². The van der Waals surface area contributed by atoms with Crippen LogP contribution in [0, 0.1) is 0 Å². The van der Waals surface area contributed by atoms with Crippen LogP contribution in [0.1, 0.15) is 19.3 Å². The minimum absolute atomic E-state index is 0.145. The number of nitrogens with zero attached hydrogens (tertiary/aromatic N) is 1. The number of likely N-dealkylation sites (N-methyl/N-ethyl adjacent to an activating group) is 1. The summed E-state index contributed by atoms with van der Waals surface area (Å²) in [6.07, 6.45) is 3.03. The van der Waals surface area contributed by atoms with Crippen molar-refractivity contribution in [2.24, 2.45) is 0 Å². The maximum atomic E-state index is 11.9. The second-order valence-electron chi connectivity index (χ2n) is 5.02. The normalized spacial score (nSPS) is 26.4. The van der Waals surface area contributed by atoms with Crippen molar-refractivity contribution >= 4 is 5.91 Å². The molecule has 0 aliphatic carbocycles. The van der Waals surface area contributed by atoms with Gasteiger partial charge < -0.3 is 15.4 Å². The highest BCUT2D eigenvalue weighted by molar-refractivity contribution is 5.78. The summed E-state index contributed by atoms with van der Waals surface area (Å²) in [7, 11) is 2.03. The zero-order valence-electron chi connectivity index (χ0n) is 10.6. The Labute approximate surface area is 103 Å². The van der Waals surface area contributed by atoms with E-state index in [-0.39, 0.29) is 5.91 Å². The zero-order valence-corrected chi connectivity index (χ0v) is 10.6. The Kier molecular flexibility index (Phi) is 4.76. The van der Waals surface area contributed by atoms with E-state index in [1.54, 1.807) is 0 Å². The summed E-state index contributed by atoms with van der Waals surface area (Å²) in [4.78, 5) is 14.0. The molecular weight excluding hydrogens is 218 g/mol. The summed E-state index contributed by atoms with van der Waals surface area (Å²) < 4.78 is 5.27. The molecule has 0 saturated carbocycles. The molecule has 0 aromatic carbocycles. The smallest absolute Gasteiger partial charge is 0.234 e. The third-order valence-corrected chi connectivity index (χ3v) is 3.64. The third kappa shape index (κ3) is 3.94.